The lowest BCUT2D eigenvalue weighted by atomic mass is 10.4. The third-order valence-corrected chi connectivity index (χ3v) is 7.15. The van der Waals surface area contributed by atoms with Gasteiger partial charge in [-0.25, -0.2) is 12.8 Å². The number of aryl methyl sites for hydroxylation is 1. The molecule has 1 saturated heterocycles. The van der Waals surface area contributed by atoms with Crippen molar-refractivity contribution in [3.05, 3.63) is 42.5 Å². The number of hydrogen-bond donors (Lipinski definition) is 0. The van der Waals surface area contributed by atoms with Gasteiger partial charge in [0.25, 0.3) is 0 Å². The minimum Gasteiger partial charge on any atom is -0.341 e. The Bertz CT molecular complexity index is 899. The fourth-order valence-electron chi connectivity index (χ4n) is 2.83. The molecule has 0 radical (unpaired) electrons. The molecule has 146 valence electrons. The zero-order chi connectivity index (χ0) is 19.4. The van der Waals surface area contributed by atoms with E-state index >= 15 is 0 Å². The lowest BCUT2D eigenvalue weighted by molar-refractivity contribution is -0.128. The van der Waals surface area contributed by atoms with E-state index in [9.17, 15) is 17.6 Å². The van der Waals surface area contributed by atoms with Crippen LogP contribution in [-0.4, -0.2) is 65.2 Å². The maximum Gasteiger partial charge on any atom is 0.246 e. The van der Waals surface area contributed by atoms with Crippen molar-refractivity contribution in [3.63, 3.8) is 0 Å². The molecule has 27 heavy (non-hydrogen) atoms. The fourth-order valence-corrected chi connectivity index (χ4v) is 5.09. The lowest BCUT2D eigenvalue weighted by Gasteiger charge is -2.21. The van der Waals surface area contributed by atoms with Gasteiger partial charge in [0.1, 0.15) is 10.7 Å². The minimum absolute atomic E-state index is 0.0510. The average Bonchev–Trinajstić information content (AvgIpc) is 2.93. The molecule has 7 nitrogen and oxygen atoms in total. The summed E-state index contributed by atoms with van der Waals surface area (Å²) >= 11 is 1.34. The van der Waals surface area contributed by atoms with Gasteiger partial charge in [0.05, 0.1) is 11.9 Å². The highest BCUT2D eigenvalue weighted by atomic mass is 32.2. The number of hydrogen-bond acceptors (Lipinski definition) is 5. The lowest BCUT2D eigenvalue weighted by Crippen LogP contribution is -2.38. The van der Waals surface area contributed by atoms with E-state index in [0.717, 1.165) is 4.90 Å². The largest absolute Gasteiger partial charge is 0.341 e. The molecule has 0 spiro atoms. The SMILES string of the molecule is Cn1cc(S(=O)(=O)N2CCCN(C(=O)CSc3ccc(F)cc3)CC2)cn1. The number of nitrogens with zero attached hydrogens (tertiary/aromatic N) is 4. The van der Waals surface area contributed by atoms with Crippen LogP contribution in [0.25, 0.3) is 0 Å². The van der Waals surface area contributed by atoms with Gasteiger partial charge < -0.3 is 4.90 Å². The maximum absolute atomic E-state index is 12.9. The van der Waals surface area contributed by atoms with E-state index in [2.05, 4.69) is 5.10 Å². The Morgan fingerprint density at radius 3 is 2.59 bits per heavy atom. The fraction of sp³-hybridized carbons (Fsp3) is 0.412. The number of amides is 1. The number of thioether (sulfide) groups is 1. The summed E-state index contributed by atoms with van der Waals surface area (Å²) < 4.78 is 41.2. The Morgan fingerprint density at radius 2 is 1.93 bits per heavy atom. The van der Waals surface area contributed by atoms with Crippen LogP contribution in [0.3, 0.4) is 0 Å². The topological polar surface area (TPSA) is 75.5 Å². The number of carbonyl (C=O) groups is 1. The highest BCUT2D eigenvalue weighted by molar-refractivity contribution is 8.00. The molecule has 0 N–H and O–H groups in total. The second-order valence-corrected chi connectivity index (χ2v) is 9.22. The van der Waals surface area contributed by atoms with Gasteiger partial charge in [-0.3, -0.25) is 9.48 Å². The molecule has 0 saturated carbocycles. The third kappa shape index (κ3) is 4.88. The predicted octanol–water partition coefficient (Wildman–Crippen LogP) is 1.57. The molecule has 2 heterocycles. The molecule has 1 aromatic heterocycles. The molecule has 1 aliphatic heterocycles. The Kier molecular flexibility index (Phi) is 6.18. The van der Waals surface area contributed by atoms with Crippen LogP contribution in [-0.2, 0) is 21.9 Å². The van der Waals surface area contributed by atoms with Crippen LogP contribution in [0.5, 0.6) is 0 Å². The van der Waals surface area contributed by atoms with Crippen molar-refractivity contribution in [3.8, 4) is 0 Å². The van der Waals surface area contributed by atoms with Gasteiger partial charge in [0, 0.05) is 44.3 Å². The van der Waals surface area contributed by atoms with E-state index < -0.39 is 10.0 Å². The highest BCUT2D eigenvalue weighted by Crippen LogP contribution is 2.20. The van der Waals surface area contributed by atoms with E-state index in [0.29, 0.717) is 26.1 Å². The van der Waals surface area contributed by atoms with Crippen molar-refractivity contribution in [2.24, 2.45) is 7.05 Å². The molecule has 2 aromatic rings. The monoisotopic (exact) mass is 412 g/mol. The van der Waals surface area contributed by atoms with Gasteiger partial charge in [-0.1, -0.05) is 0 Å². The molecule has 0 atom stereocenters. The molecule has 0 unspecified atom stereocenters. The molecule has 3 rings (SSSR count). The van der Waals surface area contributed by atoms with Crippen molar-refractivity contribution in [1.82, 2.24) is 19.0 Å². The summed E-state index contributed by atoms with van der Waals surface area (Å²) in [6.07, 6.45) is 3.39. The molecule has 0 bridgehead atoms. The first-order chi connectivity index (χ1) is 12.9. The van der Waals surface area contributed by atoms with Crippen molar-refractivity contribution in [2.75, 3.05) is 31.9 Å². The standard InChI is InChI=1S/C17H21FN4O3S2/c1-20-12-16(11-19-20)27(24,25)22-8-2-7-21(9-10-22)17(23)13-26-15-5-3-14(18)4-6-15/h3-6,11-12H,2,7-10,13H2,1H3. The number of rotatable bonds is 5. The summed E-state index contributed by atoms with van der Waals surface area (Å²) in [4.78, 5) is 15.1. The van der Waals surface area contributed by atoms with Crippen molar-refractivity contribution in [2.45, 2.75) is 16.2 Å². The molecule has 10 heteroatoms. The van der Waals surface area contributed by atoms with Crippen LogP contribution in [0.4, 0.5) is 4.39 Å². The predicted molar refractivity (Wildman–Crippen MR) is 100 cm³/mol. The van der Waals surface area contributed by atoms with Crippen LogP contribution in [0.15, 0.2) is 46.5 Å². The van der Waals surface area contributed by atoms with Crippen LogP contribution in [0.1, 0.15) is 6.42 Å². The summed E-state index contributed by atoms with van der Waals surface area (Å²) in [5.74, 6) is -0.126. The zero-order valence-corrected chi connectivity index (χ0v) is 16.5. The van der Waals surface area contributed by atoms with Gasteiger partial charge in [0.15, 0.2) is 0 Å². The van der Waals surface area contributed by atoms with Gasteiger partial charge in [-0.15, -0.1) is 11.8 Å². The van der Waals surface area contributed by atoms with Crippen LogP contribution >= 0.6 is 11.8 Å². The Morgan fingerprint density at radius 1 is 1.19 bits per heavy atom. The summed E-state index contributed by atoms with van der Waals surface area (Å²) in [7, 11) is -1.93. The smallest absolute Gasteiger partial charge is 0.246 e. The van der Waals surface area contributed by atoms with E-state index in [1.165, 1.54) is 45.3 Å². The number of carbonyl (C=O) groups excluding carboxylic acids is 1. The first kappa shape index (κ1) is 19.8. The summed E-state index contributed by atoms with van der Waals surface area (Å²) in [6, 6.07) is 6.00. The van der Waals surface area contributed by atoms with E-state index in [4.69, 9.17) is 0 Å². The average molecular weight is 413 g/mol. The van der Waals surface area contributed by atoms with Crippen LogP contribution in [0, 0.1) is 5.82 Å². The van der Waals surface area contributed by atoms with E-state index in [1.54, 1.807) is 24.1 Å². The number of benzene rings is 1. The second-order valence-electron chi connectivity index (χ2n) is 6.23. The Balaban J connectivity index is 1.57. The second kappa shape index (κ2) is 8.41. The summed E-state index contributed by atoms with van der Waals surface area (Å²) in [6.45, 7) is 1.49. The number of halogens is 1. The Hall–Kier alpha value is -1.91. The maximum atomic E-state index is 12.9. The third-order valence-electron chi connectivity index (χ3n) is 4.30. The van der Waals surface area contributed by atoms with Crippen LogP contribution in [0.2, 0.25) is 0 Å². The van der Waals surface area contributed by atoms with Gasteiger partial charge in [0.2, 0.25) is 15.9 Å². The molecule has 1 aliphatic rings. The van der Waals surface area contributed by atoms with Gasteiger partial charge >= 0.3 is 0 Å². The first-order valence-electron chi connectivity index (χ1n) is 8.51. The van der Waals surface area contributed by atoms with E-state index in [1.807, 2.05) is 0 Å². The number of aromatic nitrogens is 2. The van der Waals surface area contributed by atoms with Crippen molar-refractivity contribution >= 4 is 27.7 Å². The molecular weight excluding hydrogens is 391 g/mol. The Labute approximate surface area is 162 Å². The molecule has 1 amide bonds. The quantitative estimate of drug-likeness (QED) is 0.697. The number of sulfonamides is 1. The van der Waals surface area contributed by atoms with Gasteiger partial charge in [-0.05, 0) is 30.7 Å². The van der Waals surface area contributed by atoms with Crippen LogP contribution < -0.4 is 0 Å². The zero-order valence-electron chi connectivity index (χ0n) is 14.9. The summed E-state index contributed by atoms with van der Waals surface area (Å²) in [5, 5.41) is 3.92. The molecule has 1 fully saturated rings. The highest BCUT2D eigenvalue weighted by Gasteiger charge is 2.29. The van der Waals surface area contributed by atoms with E-state index in [-0.39, 0.29) is 28.9 Å². The first-order valence-corrected chi connectivity index (χ1v) is 10.9. The molecule has 0 aliphatic carbocycles. The summed E-state index contributed by atoms with van der Waals surface area (Å²) in [5.41, 5.74) is 0. The van der Waals surface area contributed by atoms with Gasteiger partial charge in [-0.2, -0.15) is 9.40 Å². The normalized spacial score (nSPS) is 16.3. The van der Waals surface area contributed by atoms with Crippen molar-refractivity contribution < 1.29 is 17.6 Å². The molecule has 1 aromatic carbocycles. The van der Waals surface area contributed by atoms with Crippen molar-refractivity contribution in [1.29, 1.82) is 0 Å². The minimum atomic E-state index is -3.60. The molecular formula is C17H21FN4O3S2.